The maximum absolute atomic E-state index is 10.7. The minimum atomic E-state index is -1.12. The average molecular weight is 238 g/mol. The first kappa shape index (κ1) is 10.9. The Kier molecular flexibility index (Phi) is 2.58. The van der Waals surface area contributed by atoms with E-state index in [9.17, 15) is 9.90 Å². The van der Waals surface area contributed by atoms with Crippen molar-refractivity contribution in [2.45, 2.75) is 12.0 Å². The van der Waals surface area contributed by atoms with Gasteiger partial charge >= 0.3 is 5.97 Å². The number of rotatable bonds is 2. The number of anilines is 1. The van der Waals surface area contributed by atoms with Crippen molar-refractivity contribution in [2.75, 3.05) is 18.0 Å². The Morgan fingerprint density at radius 2 is 2.50 bits per heavy atom. The Bertz CT molecular complexity index is 465. The van der Waals surface area contributed by atoms with Crippen LogP contribution in [0.4, 0.5) is 5.13 Å². The van der Waals surface area contributed by atoms with E-state index in [4.69, 9.17) is 11.5 Å². The van der Waals surface area contributed by atoms with Gasteiger partial charge in [0.1, 0.15) is 10.5 Å². The van der Waals surface area contributed by atoms with Crippen LogP contribution < -0.4 is 4.90 Å². The molecule has 5 nitrogen and oxygen atoms in total. The summed E-state index contributed by atoms with van der Waals surface area (Å²) in [6, 6.07) is 0. The summed E-state index contributed by atoms with van der Waals surface area (Å²) in [5, 5.41) is 19.2. The van der Waals surface area contributed by atoms with E-state index in [1.54, 1.807) is 4.90 Å². The van der Waals surface area contributed by atoms with Crippen LogP contribution in [0, 0.1) is 12.3 Å². The summed E-state index contributed by atoms with van der Waals surface area (Å²) < 4.78 is 0. The lowest BCUT2D eigenvalue weighted by Crippen LogP contribution is -2.31. The largest absolute Gasteiger partial charge is 0.477 e. The molecule has 2 rings (SSSR count). The normalized spacial score (nSPS) is 24.4. The molecule has 6 heteroatoms. The minimum absolute atomic E-state index is 0.186. The number of aromatic nitrogens is 1. The van der Waals surface area contributed by atoms with Gasteiger partial charge in [-0.15, -0.1) is 6.42 Å². The van der Waals surface area contributed by atoms with Crippen LogP contribution in [0.2, 0.25) is 0 Å². The number of carboxylic acids is 1. The van der Waals surface area contributed by atoms with Crippen LogP contribution >= 0.6 is 11.3 Å². The molecule has 2 N–H and O–H groups in total. The van der Waals surface area contributed by atoms with Crippen LogP contribution in [-0.4, -0.2) is 39.9 Å². The molecule has 1 atom stereocenters. The number of thiazole rings is 1. The molecule has 16 heavy (non-hydrogen) atoms. The van der Waals surface area contributed by atoms with Gasteiger partial charge in [-0.1, -0.05) is 17.3 Å². The number of carbonyl (C=O) groups is 1. The minimum Gasteiger partial charge on any atom is -0.477 e. The van der Waals surface area contributed by atoms with Crippen LogP contribution in [-0.2, 0) is 0 Å². The predicted octanol–water partition coefficient (Wildman–Crippen LogP) is 0.416. The number of nitrogens with zero attached hydrogens (tertiary/aromatic N) is 2. The number of aliphatic hydroxyl groups is 1. The third-order valence-corrected chi connectivity index (χ3v) is 3.54. The summed E-state index contributed by atoms with van der Waals surface area (Å²) in [6.07, 6.45) is 7.02. The molecule has 0 aliphatic carbocycles. The van der Waals surface area contributed by atoms with Gasteiger partial charge in [0.2, 0.25) is 0 Å². The number of hydrogen-bond donors (Lipinski definition) is 2. The van der Waals surface area contributed by atoms with Gasteiger partial charge in [0.05, 0.1) is 12.7 Å². The molecule has 1 unspecified atom stereocenters. The van der Waals surface area contributed by atoms with Crippen molar-refractivity contribution < 1.29 is 15.0 Å². The first-order valence-corrected chi connectivity index (χ1v) is 5.50. The van der Waals surface area contributed by atoms with Gasteiger partial charge < -0.3 is 15.1 Å². The van der Waals surface area contributed by atoms with Crippen molar-refractivity contribution in [3.63, 3.8) is 0 Å². The SMILES string of the molecule is C#CC1(O)CCN(c2ncc(C(=O)O)s2)C1. The lowest BCUT2D eigenvalue weighted by Gasteiger charge is -2.16. The van der Waals surface area contributed by atoms with E-state index in [2.05, 4.69) is 10.9 Å². The number of hydrogen-bond acceptors (Lipinski definition) is 5. The Morgan fingerprint density at radius 1 is 1.75 bits per heavy atom. The highest BCUT2D eigenvalue weighted by molar-refractivity contribution is 7.17. The monoisotopic (exact) mass is 238 g/mol. The van der Waals surface area contributed by atoms with Gasteiger partial charge in [0.25, 0.3) is 0 Å². The fraction of sp³-hybridized carbons (Fsp3) is 0.400. The smallest absolute Gasteiger partial charge is 0.347 e. The van der Waals surface area contributed by atoms with Crippen molar-refractivity contribution in [2.24, 2.45) is 0 Å². The Balaban J connectivity index is 2.15. The van der Waals surface area contributed by atoms with E-state index in [0.29, 0.717) is 24.6 Å². The molecule has 1 aliphatic heterocycles. The first-order valence-electron chi connectivity index (χ1n) is 4.68. The summed E-state index contributed by atoms with van der Waals surface area (Å²) in [7, 11) is 0. The zero-order chi connectivity index (χ0) is 11.8. The molecular weight excluding hydrogens is 228 g/mol. The molecule has 1 saturated heterocycles. The van der Waals surface area contributed by atoms with Gasteiger partial charge in [-0.3, -0.25) is 0 Å². The summed E-state index contributed by atoms with van der Waals surface area (Å²) in [5.74, 6) is 1.35. The van der Waals surface area contributed by atoms with Crippen LogP contribution in [0.1, 0.15) is 16.1 Å². The molecule has 0 bridgehead atoms. The van der Waals surface area contributed by atoms with E-state index in [1.807, 2.05) is 0 Å². The molecule has 84 valence electrons. The highest BCUT2D eigenvalue weighted by Crippen LogP contribution is 2.29. The third kappa shape index (κ3) is 1.87. The van der Waals surface area contributed by atoms with Crippen molar-refractivity contribution in [1.29, 1.82) is 0 Å². The maximum Gasteiger partial charge on any atom is 0.347 e. The standard InChI is InChI=1S/C10H10N2O3S/c1-2-10(15)3-4-12(6-10)9-11-5-7(16-9)8(13)14/h1,5,15H,3-4,6H2,(H,13,14). The van der Waals surface area contributed by atoms with E-state index in [1.165, 1.54) is 6.20 Å². The van der Waals surface area contributed by atoms with Crippen molar-refractivity contribution in [3.8, 4) is 12.3 Å². The van der Waals surface area contributed by atoms with E-state index >= 15 is 0 Å². The molecule has 0 saturated carbocycles. The molecule has 0 spiro atoms. The molecule has 0 aromatic carbocycles. The molecule has 1 aromatic heterocycles. The molecule has 1 aromatic rings. The number of β-amino-alcohol motifs (C(OH)–C–C–N with tert-alkyl or cyclic N) is 1. The molecule has 1 aliphatic rings. The Hall–Kier alpha value is -1.58. The summed E-state index contributed by atoms with van der Waals surface area (Å²) in [4.78, 5) is 16.7. The van der Waals surface area contributed by atoms with Crippen LogP contribution in [0.5, 0.6) is 0 Å². The lowest BCUT2D eigenvalue weighted by atomic mass is 10.1. The zero-order valence-corrected chi connectivity index (χ0v) is 9.20. The lowest BCUT2D eigenvalue weighted by molar-refractivity contribution is 0.0702. The topological polar surface area (TPSA) is 73.7 Å². The Morgan fingerprint density at radius 3 is 3.00 bits per heavy atom. The van der Waals surface area contributed by atoms with Gasteiger partial charge in [0.15, 0.2) is 5.13 Å². The molecule has 0 amide bonds. The van der Waals surface area contributed by atoms with Gasteiger partial charge in [-0.05, 0) is 0 Å². The highest BCUT2D eigenvalue weighted by atomic mass is 32.1. The zero-order valence-electron chi connectivity index (χ0n) is 8.38. The predicted molar refractivity (Wildman–Crippen MR) is 59.7 cm³/mol. The average Bonchev–Trinajstić information content (AvgIpc) is 2.84. The molecule has 1 fully saturated rings. The highest BCUT2D eigenvalue weighted by Gasteiger charge is 2.35. The van der Waals surface area contributed by atoms with Crippen LogP contribution in [0.15, 0.2) is 6.20 Å². The summed E-state index contributed by atoms with van der Waals surface area (Å²) >= 11 is 1.09. The summed E-state index contributed by atoms with van der Waals surface area (Å²) in [6.45, 7) is 0.892. The van der Waals surface area contributed by atoms with Gasteiger partial charge in [0, 0.05) is 13.0 Å². The second-order valence-electron chi connectivity index (χ2n) is 3.66. The first-order chi connectivity index (χ1) is 7.54. The van der Waals surface area contributed by atoms with Crippen LogP contribution in [0.25, 0.3) is 0 Å². The second-order valence-corrected chi connectivity index (χ2v) is 4.67. The molecule has 2 heterocycles. The summed E-state index contributed by atoms with van der Waals surface area (Å²) in [5.41, 5.74) is -1.12. The van der Waals surface area contributed by atoms with E-state index in [0.717, 1.165) is 11.3 Å². The fourth-order valence-corrected chi connectivity index (χ4v) is 2.36. The number of carboxylic acid groups (broad SMARTS) is 1. The van der Waals surface area contributed by atoms with Crippen molar-refractivity contribution in [1.82, 2.24) is 4.98 Å². The Labute approximate surface area is 96.3 Å². The van der Waals surface area contributed by atoms with E-state index in [-0.39, 0.29) is 4.88 Å². The number of terminal acetylenes is 1. The van der Waals surface area contributed by atoms with E-state index < -0.39 is 11.6 Å². The third-order valence-electron chi connectivity index (χ3n) is 2.49. The van der Waals surface area contributed by atoms with Crippen molar-refractivity contribution in [3.05, 3.63) is 11.1 Å². The van der Waals surface area contributed by atoms with Gasteiger partial charge in [-0.25, -0.2) is 9.78 Å². The van der Waals surface area contributed by atoms with Crippen LogP contribution in [0.3, 0.4) is 0 Å². The molecular formula is C10H10N2O3S. The number of aromatic carboxylic acids is 1. The second kappa shape index (κ2) is 3.77. The van der Waals surface area contributed by atoms with Crippen molar-refractivity contribution >= 4 is 22.4 Å². The quantitative estimate of drug-likeness (QED) is 0.730. The fourth-order valence-electron chi connectivity index (χ4n) is 1.58. The van der Waals surface area contributed by atoms with Gasteiger partial charge in [-0.2, -0.15) is 0 Å². The molecule has 0 radical (unpaired) electrons. The maximum atomic E-state index is 10.7.